The molecule has 0 saturated heterocycles. The number of aromatic nitrogens is 2. The fourth-order valence-corrected chi connectivity index (χ4v) is 4.46. The summed E-state index contributed by atoms with van der Waals surface area (Å²) in [6.45, 7) is 11.2. The second kappa shape index (κ2) is 7.68. The van der Waals surface area contributed by atoms with E-state index in [0.717, 1.165) is 33.2 Å². The Balaban J connectivity index is 0.00000218. The predicted molar refractivity (Wildman–Crippen MR) is 120 cm³/mol. The Labute approximate surface area is 190 Å². The number of fused-ring (bicyclic) bond motifs is 6. The molecule has 0 amide bonds. The molecule has 0 unspecified atom stereocenters. The zero-order valence-electron chi connectivity index (χ0n) is 17.9. The van der Waals surface area contributed by atoms with Crippen LogP contribution in [0.5, 0.6) is 0 Å². The third-order valence-corrected chi connectivity index (χ3v) is 5.86. The van der Waals surface area contributed by atoms with Gasteiger partial charge in [-0.05, 0) is 41.3 Å². The normalized spacial score (nSPS) is 11.8. The van der Waals surface area contributed by atoms with Gasteiger partial charge in [0.05, 0.1) is 5.69 Å². The van der Waals surface area contributed by atoms with Gasteiger partial charge in [-0.15, -0.1) is 11.5 Å². The molecule has 3 aromatic heterocycles. The Hall–Kier alpha value is -2.42. The first-order chi connectivity index (χ1) is 14.0. The van der Waals surface area contributed by atoms with Crippen LogP contribution in [0.1, 0.15) is 56.2 Å². The van der Waals surface area contributed by atoms with E-state index in [2.05, 4.69) is 81.5 Å². The van der Waals surface area contributed by atoms with Crippen molar-refractivity contribution in [1.82, 2.24) is 9.38 Å². The molecule has 5 aromatic rings. The first-order valence-electron chi connectivity index (χ1n) is 10.3. The van der Waals surface area contributed by atoms with E-state index in [9.17, 15) is 0 Å². The predicted octanol–water partition coefficient (Wildman–Crippen LogP) is 7.25. The Morgan fingerprint density at radius 1 is 1.00 bits per heavy atom. The minimum atomic E-state index is 0. The number of furan rings is 1. The van der Waals surface area contributed by atoms with E-state index >= 15 is 0 Å². The van der Waals surface area contributed by atoms with Crippen LogP contribution in [0, 0.1) is 13.0 Å². The number of nitrogens with zero attached hydrogens (tertiary/aromatic N) is 2. The van der Waals surface area contributed by atoms with Crippen molar-refractivity contribution in [2.75, 3.05) is 0 Å². The number of benzene rings is 2. The smallest absolute Gasteiger partial charge is 0.0609 e. The molecule has 2 aromatic carbocycles. The van der Waals surface area contributed by atoms with E-state index in [1.165, 1.54) is 22.3 Å². The molecule has 0 aliphatic heterocycles. The molecule has 3 nitrogen and oxygen atoms in total. The summed E-state index contributed by atoms with van der Waals surface area (Å²) in [5.74, 6) is 0.846. The third kappa shape index (κ3) is 3.02. The van der Waals surface area contributed by atoms with Gasteiger partial charge in [0.25, 0.3) is 0 Å². The second-order valence-corrected chi connectivity index (χ2v) is 8.53. The summed E-state index contributed by atoms with van der Waals surface area (Å²) in [5.41, 5.74) is 9.23. The largest absolute Gasteiger partial charge is 0.535 e. The molecule has 0 fully saturated rings. The van der Waals surface area contributed by atoms with Crippen molar-refractivity contribution in [3.8, 4) is 11.3 Å². The molecule has 5 rings (SSSR count). The quantitative estimate of drug-likeness (QED) is 0.213. The van der Waals surface area contributed by atoms with Crippen molar-refractivity contribution >= 4 is 27.5 Å². The van der Waals surface area contributed by atoms with Crippen molar-refractivity contribution in [2.24, 2.45) is 0 Å². The van der Waals surface area contributed by atoms with Crippen LogP contribution in [0.3, 0.4) is 0 Å². The fraction of sp³-hybridized carbons (Fsp3) is 0.269. The van der Waals surface area contributed by atoms with E-state index in [4.69, 9.17) is 9.40 Å². The van der Waals surface area contributed by atoms with Crippen molar-refractivity contribution in [3.05, 3.63) is 71.6 Å². The molecule has 0 atom stereocenters. The molecule has 0 saturated carbocycles. The number of hydrogen-bond acceptors (Lipinski definition) is 2. The minimum absolute atomic E-state index is 0. The number of rotatable bonds is 3. The Kier molecular flexibility index (Phi) is 5.34. The van der Waals surface area contributed by atoms with Crippen molar-refractivity contribution in [1.29, 1.82) is 0 Å². The van der Waals surface area contributed by atoms with Gasteiger partial charge in [0, 0.05) is 54.9 Å². The van der Waals surface area contributed by atoms with E-state index < -0.39 is 0 Å². The van der Waals surface area contributed by atoms with Crippen LogP contribution >= 0.6 is 0 Å². The summed E-state index contributed by atoms with van der Waals surface area (Å²) in [6.07, 6.45) is 3.66. The van der Waals surface area contributed by atoms with Crippen LogP contribution in [0.15, 0.2) is 53.3 Å². The van der Waals surface area contributed by atoms with Crippen LogP contribution in [0.25, 0.3) is 38.8 Å². The topological polar surface area (TPSA) is 30.4 Å². The average Bonchev–Trinajstić information content (AvgIpc) is 3.34. The molecule has 0 N–H and O–H groups in total. The Bertz CT molecular complexity index is 1350. The molecule has 3 heterocycles. The van der Waals surface area contributed by atoms with Gasteiger partial charge in [-0.25, -0.2) is 0 Å². The molecular weight excluding hydrogens is 549 g/mol. The van der Waals surface area contributed by atoms with Gasteiger partial charge in [-0.3, -0.25) is 0 Å². The molecule has 0 spiro atoms. The second-order valence-electron chi connectivity index (χ2n) is 8.53. The first kappa shape index (κ1) is 20.8. The van der Waals surface area contributed by atoms with Crippen molar-refractivity contribution < 1.29 is 24.5 Å². The van der Waals surface area contributed by atoms with E-state index in [1.54, 1.807) is 6.26 Å². The van der Waals surface area contributed by atoms with Crippen LogP contribution in [-0.2, 0) is 20.1 Å². The number of hydrogen-bond donors (Lipinski definition) is 0. The van der Waals surface area contributed by atoms with Crippen LogP contribution in [0.2, 0.25) is 0 Å². The van der Waals surface area contributed by atoms with Gasteiger partial charge in [-0.2, -0.15) is 0 Å². The third-order valence-electron chi connectivity index (χ3n) is 5.86. The molecule has 155 valence electrons. The minimum Gasteiger partial charge on any atom is -0.535 e. The van der Waals surface area contributed by atoms with Gasteiger partial charge >= 0.3 is 0 Å². The van der Waals surface area contributed by atoms with Gasteiger partial charge in [0.2, 0.25) is 0 Å². The van der Waals surface area contributed by atoms with Gasteiger partial charge in [-0.1, -0.05) is 63.6 Å². The summed E-state index contributed by atoms with van der Waals surface area (Å²) in [6, 6.07) is 16.5. The summed E-state index contributed by atoms with van der Waals surface area (Å²) >= 11 is 0. The monoisotopic (exact) mass is 574 g/mol. The molecule has 30 heavy (non-hydrogen) atoms. The molecule has 0 aliphatic carbocycles. The number of aryl methyl sites for hydroxylation is 1. The molecule has 1 radical (unpaired) electrons. The van der Waals surface area contributed by atoms with Crippen LogP contribution < -0.4 is 0 Å². The maximum absolute atomic E-state index is 5.82. The summed E-state index contributed by atoms with van der Waals surface area (Å²) < 4.78 is 8.11. The zero-order valence-corrected chi connectivity index (χ0v) is 20.3. The van der Waals surface area contributed by atoms with E-state index in [-0.39, 0.29) is 20.1 Å². The Morgan fingerprint density at radius 3 is 2.37 bits per heavy atom. The maximum Gasteiger partial charge on any atom is 0.0609 e. The number of imidazole rings is 1. The van der Waals surface area contributed by atoms with Gasteiger partial charge in [0.15, 0.2) is 0 Å². The molecule has 4 heteroatoms. The SMILES string of the molecule is Cc1ccc2c(c1)c1oc[c-]c1c1ncc(-c3c(C(C)C)cccc3C(C)C)n21.[Ir]. The van der Waals surface area contributed by atoms with Gasteiger partial charge in [0.1, 0.15) is 0 Å². The van der Waals surface area contributed by atoms with E-state index in [1.807, 2.05) is 6.20 Å². The zero-order chi connectivity index (χ0) is 20.3. The maximum atomic E-state index is 5.82. The van der Waals surface area contributed by atoms with Crippen LogP contribution in [0.4, 0.5) is 0 Å². The molecular formula is C26H25IrN2O-. The average molecular weight is 574 g/mol. The van der Waals surface area contributed by atoms with E-state index in [0.29, 0.717) is 11.8 Å². The summed E-state index contributed by atoms with van der Waals surface area (Å²) in [5, 5.41) is 2.03. The Morgan fingerprint density at radius 2 is 1.70 bits per heavy atom. The summed E-state index contributed by atoms with van der Waals surface area (Å²) in [7, 11) is 0. The van der Waals surface area contributed by atoms with Crippen molar-refractivity contribution in [3.63, 3.8) is 0 Å². The number of pyridine rings is 1. The van der Waals surface area contributed by atoms with Crippen molar-refractivity contribution in [2.45, 2.75) is 46.5 Å². The van der Waals surface area contributed by atoms with Gasteiger partial charge < -0.3 is 13.8 Å². The molecule has 0 bridgehead atoms. The fourth-order valence-electron chi connectivity index (χ4n) is 4.46. The molecule has 0 aliphatic rings. The summed E-state index contributed by atoms with van der Waals surface area (Å²) in [4.78, 5) is 4.84. The standard InChI is InChI=1S/C26H25N2O.Ir/c1-15(2)18-7-6-8-19(16(3)4)24(18)23-14-27-26-20-11-12-29-25(20)21-13-17(5)9-10-22(21)28(23)26;/h6-10,12-16H,1-5H3;/q-1;. The van der Waals surface area contributed by atoms with Crippen LogP contribution in [-0.4, -0.2) is 9.38 Å². The first-order valence-corrected chi connectivity index (χ1v) is 10.3.